The van der Waals surface area contributed by atoms with Gasteiger partial charge in [0.25, 0.3) is 5.91 Å². The summed E-state index contributed by atoms with van der Waals surface area (Å²) in [5, 5.41) is 12.3. The molecule has 4 N–H and O–H groups in total. The van der Waals surface area contributed by atoms with Gasteiger partial charge in [-0.2, -0.15) is 0 Å². The third-order valence-electron chi connectivity index (χ3n) is 3.35. The molecular formula is C18H17N3O4. The monoisotopic (exact) mass is 339 g/mol. The normalized spacial score (nSPS) is 11.2. The molecule has 0 saturated heterocycles. The lowest BCUT2D eigenvalue weighted by Gasteiger charge is -2.05. The number of amides is 1. The first kappa shape index (κ1) is 16.6. The van der Waals surface area contributed by atoms with Crippen molar-refractivity contribution in [2.45, 2.75) is 26.0 Å². The van der Waals surface area contributed by atoms with Crippen LogP contribution in [-0.2, 0) is 6.54 Å². The van der Waals surface area contributed by atoms with E-state index in [0.29, 0.717) is 16.8 Å². The summed E-state index contributed by atoms with van der Waals surface area (Å²) in [6, 6.07) is 8.47. The van der Waals surface area contributed by atoms with Crippen LogP contribution in [0.4, 0.5) is 0 Å². The standard InChI is InChI=1S/C18H17N3O4/c1-18(2,24)8-7-12-4-6-15(25-12)16(22)19-10-11-3-5-13-14(9-11)21-17(23)20-13/h3-6,9,24H,10H2,1-2H3,(H,19,22)(H2,20,21,23). The fourth-order valence-corrected chi connectivity index (χ4v) is 2.20. The second-order valence-electron chi connectivity index (χ2n) is 6.11. The molecule has 7 heteroatoms. The van der Waals surface area contributed by atoms with Crippen molar-refractivity contribution >= 4 is 16.9 Å². The molecule has 1 aromatic carbocycles. The molecule has 0 bridgehead atoms. The number of H-pyrrole nitrogens is 2. The van der Waals surface area contributed by atoms with E-state index >= 15 is 0 Å². The minimum atomic E-state index is -1.13. The van der Waals surface area contributed by atoms with E-state index in [-0.39, 0.29) is 23.9 Å². The molecule has 0 aliphatic rings. The predicted octanol–water partition coefficient (Wildman–Crippen LogP) is 1.50. The zero-order valence-corrected chi connectivity index (χ0v) is 13.8. The first-order valence-electron chi connectivity index (χ1n) is 7.65. The highest BCUT2D eigenvalue weighted by Crippen LogP contribution is 2.11. The van der Waals surface area contributed by atoms with E-state index in [1.165, 1.54) is 6.07 Å². The van der Waals surface area contributed by atoms with Crippen molar-refractivity contribution in [1.82, 2.24) is 15.3 Å². The van der Waals surface area contributed by atoms with E-state index in [9.17, 15) is 14.7 Å². The van der Waals surface area contributed by atoms with E-state index < -0.39 is 5.60 Å². The van der Waals surface area contributed by atoms with E-state index in [1.807, 2.05) is 6.07 Å². The van der Waals surface area contributed by atoms with Gasteiger partial charge in [-0.1, -0.05) is 12.0 Å². The fourth-order valence-electron chi connectivity index (χ4n) is 2.20. The molecule has 0 aliphatic carbocycles. The maximum Gasteiger partial charge on any atom is 0.323 e. The van der Waals surface area contributed by atoms with Crippen LogP contribution in [0.15, 0.2) is 39.5 Å². The zero-order chi connectivity index (χ0) is 18.0. The quantitative estimate of drug-likeness (QED) is 0.542. The molecule has 1 amide bonds. The summed E-state index contributed by atoms with van der Waals surface area (Å²) in [4.78, 5) is 28.7. The Kier molecular flexibility index (Phi) is 4.21. The zero-order valence-electron chi connectivity index (χ0n) is 13.8. The Morgan fingerprint density at radius 1 is 1.24 bits per heavy atom. The van der Waals surface area contributed by atoms with Gasteiger partial charge >= 0.3 is 5.69 Å². The van der Waals surface area contributed by atoms with Gasteiger partial charge in [0.2, 0.25) is 0 Å². The summed E-state index contributed by atoms with van der Waals surface area (Å²) < 4.78 is 5.35. The van der Waals surface area contributed by atoms with Gasteiger partial charge in [0.05, 0.1) is 11.0 Å². The molecule has 0 atom stereocenters. The van der Waals surface area contributed by atoms with Gasteiger partial charge in [0, 0.05) is 6.54 Å². The molecule has 2 aromatic heterocycles. The minimum absolute atomic E-state index is 0.135. The molecule has 25 heavy (non-hydrogen) atoms. The van der Waals surface area contributed by atoms with Crippen molar-refractivity contribution in [2.75, 3.05) is 0 Å². The van der Waals surface area contributed by atoms with Gasteiger partial charge in [-0.25, -0.2) is 4.79 Å². The number of fused-ring (bicyclic) bond motifs is 1. The summed E-state index contributed by atoms with van der Waals surface area (Å²) in [7, 11) is 0. The number of benzene rings is 1. The molecule has 2 heterocycles. The number of rotatable bonds is 3. The van der Waals surface area contributed by atoms with E-state index in [0.717, 1.165) is 5.56 Å². The molecule has 0 fully saturated rings. The second-order valence-corrected chi connectivity index (χ2v) is 6.11. The number of aromatic amines is 2. The number of furan rings is 1. The van der Waals surface area contributed by atoms with Crippen LogP contribution in [0.3, 0.4) is 0 Å². The average Bonchev–Trinajstić information content (AvgIpc) is 3.15. The first-order chi connectivity index (χ1) is 11.8. The summed E-state index contributed by atoms with van der Waals surface area (Å²) in [5.74, 6) is 5.35. The highest BCUT2D eigenvalue weighted by atomic mass is 16.3. The summed E-state index contributed by atoms with van der Waals surface area (Å²) in [6.07, 6.45) is 0. The maximum atomic E-state index is 12.1. The third-order valence-corrected chi connectivity index (χ3v) is 3.35. The van der Waals surface area contributed by atoms with Crippen LogP contribution in [0, 0.1) is 11.8 Å². The highest BCUT2D eigenvalue weighted by molar-refractivity contribution is 5.91. The number of imidazole rings is 1. The number of hydrogen-bond acceptors (Lipinski definition) is 4. The van der Waals surface area contributed by atoms with Crippen molar-refractivity contribution < 1.29 is 14.3 Å². The van der Waals surface area contributed by atoms with Crippen molar-refractivity contribution in [2.24, 2.45) is 0 Å². The van der Waals surface area contributed by atoms with Crippen LogP contribution in [0.1, 0.15) is 35.7 Å². The Bertz CT molecular complexity index is 1040. The van der Waals surface area contributed by atoms with Crippen molar-refractivity contribution in [3.05, 3.63) is 57.9 Å². The molecule has 0 unspecified atom stereocenters. The van der Waals surface area contributed by atoms with E-state index in [4.69, 9.17) is 4.42 Å². The lowest BCUT2D eigenvalue weighted by Crippen LogP contribution is -2.22. The van der Waals surface area contributed by atoms with Gasteiger partial charge in [0.1, 0.15) is 5.60 Å². The van der Waals surface area contributed by atoms with Crippen molar-refractivity contribution in [3.8, 4) is 11.8 Å². The lowest BCUT2D eigenvalue weighted by atomic mass is 10.1. The van der Waals surface area contributed by atoms with E-state index in [2.05, 4.69) is 27.1 Å². The first-order valence-corrected chi connectivity index (χ1v) is 7.65. The topological polar surface area (TPSA) is 111 Å². The Labute approximate surface area is 143 Å². The van der Waals surface area contributed by atoms with E-state index in [1.54, 1.807) is 32.0 Å². The molecule has 0 saturated carbocycles. The van der Waals surface area contributed by atoms with Crippen LogP contribution in [0.5, 0.6) is 0 Å². The Morgan fingerprint density at radius 3 is 2.76 bits per heavy atom. The summed E-state index contributed by atoms with van der Waals surface area (Å²) in [6.45, 7) is 3.41. The van der Waals surface area contributed by atoms with Crippen LogP contribution in [0.25, 0.3) is 11.0 Å². The number of carbonyl (C=O) groups excluding carboxylic acids is 1. The molecular weight excluding hydrogens is 322 g/mol. The Hall–Kier alpha value is -3.24. The molecule has 3 aromatic rings. The van der Waals surface area contributed by atoms with Crippen LogP contribution < -0.4 is 11.0 Å². The lowest BCUT2D eigenvalue weighted by molar-refractivity contribution is 0.0922. The largest absolute Gasteiger partial charge is 0.443 e. The van der Waals surface area contributed by atoms with Crippen molar-refractivity contribution in [1.29, 1.82) is 0 Å². The maximum absolute atomic E-state index is 12.1. The molecule has 0 spiro atoms. The third kappa shape index (κ3) is 4.19. The van der Waals surface area contributed by atoms with Gasteiger partial charge in [0.15, 0.2) is 11.5 Å². The van der Waals surface area contributed by atoms with Gasteiger partial charge in [-0.05, 0) is 49.6 Å². The van der Waals surface area contributed by atoms with Gasteiger partial charge in [-0.15, -0.1) is 0 Å². The SMILES string of the molecule is CC(C)(O)C#Cc1ccc(C(=O)NCc2ccc3[nH]c(=O)[nH]c3c2)o1. The molecule has 3 rings (SSSR count). The van der Waals surface area contributed by atoms with Crippen LogP contribution >= 0.6 is 0 Å². The van der Waals surface area contributed by atoms with Gasteiger partial charge < -0.3 is 24.8 Å². The molecule has 0 radical (unpaired) electrons. The number of nitrogens with one attached hydrogen (secondary N) is 3. The minimum Gasteiger partial charge on any atom is -0.443 e. The van der Waals surface area contributed by atoms with Gasteiger partial charge in [-0.3, -0.25) is 4.79 Å². The Morgan fingerprint density at radius 2 is 2.00 bits per heavy atom. The number of aromatic nitrogens is 2. The predicted molar refractivity (Wildman–Crippen MR) is 92.0 cm³/mol. The number of aliphatic hydroxyl groups is 1. The van der Waals surface area contributed by atoms with Crippen LogP contribution in [-0.4, -0.2) is 26.6 Å². The Balaban J connectivity index is 1.66. The fraction of sp³-hybridized carbons (Fsp3) is 0.222. The molecule has 128 valence electrons. The smallest absolute Gasteiger partial charge is 0.323 e. The van der Waals surface area contributed by atoms with Crippen molar-refractivity contribution in [3.63, 3.8) is 0 Å². The summed E-state index contributed by atoms with van der Waals surface area (Å²) in [5.41, 5.74) is 0.823. The average molecular weight is 339 g/mol. The molecule has 0 aliphatic heterocycles. The number of hydrogen-bond donors (Lipinski definition) is 4. The van der Waals surface area contributed by atoms with Crippen LogP contribution in [0.2, 0.25) is 0 Å². The summed E-state index contributed by atoms with van der Waals surface area (Å²) >= 11 is 0. The molecule has 7 nitrogen and oxygen atoms in total. The second kappa shape index (κ2) is 6.34. The number of carbonyl (C=O) groups is 1. The highest BCUT2D eigenvalue weighted by Gasteiger charge is 2.11.